The molecule has 14 heavy (non-hydrogen) atoms. The number of fused-ring (bicyclic) bond motifs is 1. The Balaban J connectivity index is 2.99. The maximum Gasteiger partial charge on any atom is 0.141 e. The van der Waals surface area contributed by atoms with Gasteiger partial charge in [0.1, 0.15) is 11.5 Å². The van der Waals surface area contributed by atoms with Crippen LogP contribution in [-0.2, 0) is 0 Å². The van der Waals surface area contributed by atoms with E-state index < -0.39 is 0 Å². The summed E-state index contributed by atoms with van der Waals surface area (Å²) in [4.78, 5) is 0. The molecule has 0 heterocycles. The van der Waals surface area contributed by atoms with E-state index in [0.717, 1.165) is 0 Å². The van der Waals surface area contributed by atoms with Gasteiger partial charge in [0, 0.05) is 5.39 Å². The standard InChI is InChI=1S/C10H10N2O2/c11-9-7(14)4-5-2-1-3-6(13)8(5)10(9)12/h1-4,13-14H,11-12H2. The van der Waals surface area contributed by atoms with Crippen molar-refractivity contribution in [3.63, 3.8) is 0 Å². The second-order valence-electron chi connectivity index (χ2n) is 3.10. The van der Waals surface area contributed by atoms with E-state index in [1.807, 2.05) is 0 Å². The molecule has 4 nitrogen and oxygen atoms in total. The van der Waals surface area contributed by atoms with Crippen LogP contribution in [-0.4, -0.2) is 10.2 Å². The Morgan fingerprint density at radius 1 is 0.929 bits per heavy atom. The molecule has 6 N–H and O–H groups in total. The molecule has 0 saturated carbocycles. The molecule has 0 radical (unpaired) electrons. The van der Waals surface area contributed by atoms with Gasteiger partial charge >= 0.3 is 0 Å². The van der Waals surface area contributed by atoms with Crippen molar-refractivity contribution < 1.29 is 10.2 Å². The van der Waals surface area contributed by atoms with E-state index in [1.165, 1.54) is 12.1 Å². The number of nitrogen functional groups attached to an aromatic ring is 2. The molecule has 0 saturated heterocycles. The maximum atomic E-state index is 9.55. The molecule has 2 rings (SSSR count). The topological polar surface area (TPSA) is 92.5 Å². The first-order valence-corrected chi connectivity index (χ1v) is 4.10. The van der Waals surface area contributed by atoms with Gasteiger partial charge < -0.3 is 21.7 Å². The second kappa shape index (κ2) is 2.70. The van der Waals surface area contributed by atoms with E-state index in [2.05, 4.69) is 0 Å². The van der Waals surface area contributed by atoms with E-state index >= 15 is 0 Å². The van der Waals surface area contributed by atoms with Gasteiger partial charge in [-0.3, -0.25) is 0 Å². The fraction of sp³-hybridized carbons (Fsp3) is 0. The van der Waals surface area contributed by atoms with Gasteiger partial charge in [-0.2, -0.15) is 0 Å². The monoisotopic (exact) mass is 190 g/mol. The lowest BCUT2D eigenvalue weighted by atomic mass is 10.1. The summed E-state index contributed by atoms with van der Waals surface area (Å²) in [6, 6.07) is 6.41. The molecule has 2 aromatic rings. The highest BCUT2D eigenvalue weighted by atomic mass is 16.3. The highest BCUT2D eigenvalue weighted by molar-refractivity contribution is 6.04. The Kier molecular flexibility index (Phi) is 1.64. The van der Waals surface area contributed by atoms with Crippen molar-refractivity contribution in [2.24, 2.45) is 0 Å². The maximum absolute atomic E-state index is 9.55. The molecule has 4 heteroatoms. The van der Waals surface area contributed by atoms with Gasteiger partial charge in [-0.1, -0.05) is 12.1 Å². The lowest BCUT2D eigenvalue weighted by Gasteiger charge is -2.08. The lowest BCUT2D eigenvalue weighted by Crippen LogP contribution is -1.96. The van der Waals surface area contributed by atoms with E-state index in [-0.39, 0.29) is 22.9 Å². The summed E-state index contributed by atoms with van der Waals surface area (Å²) in [5, 5.41) is 20.1. The number of anilines is 2. The number of hydrogen-bond donors (Lipinski definition) is 4. The molecule has 0 amide bonds. The Morgan fingerprint density at radius 2 is 1.64 bits per heavy atom. The number of nitrogens with two attached hydrogens (primary N) is 2. The van der Waals surface area contributed by atoms with Crippen LogP contribution in [0.25, 0.3) is 10.8 Å². The molecule has 0 unspecified atom stereocenters. The van der Waals surface area contributed by atoms with Gasteiger partial charge in [0.2, 0.25) is 0 Å². The zero-order valence-electron chi connectivity index (χ0n) is 7.36. The van der Waals surface area contributed by atoms with E-state index in [4.69, 9.17) is 11.5 Å². The van der Waals surface area contributed by atoms with Crippen molar-refractivity contribution in [2.45, 2.75) is 0 Å². The normalized spacial score (nSPS) is 10.6. The number of phenolic OH excluding ortho intramolecular Hbond substituents is 2. The Bertz CT molecular complexity index is 509. The van der Waals surface area contributed by atoms with Crippen molar-refractivity contribution in [3.8, 4) is 11.5 Å². The van der Waals surface area contributed by atoms with Gasteiger partial charge in [0.25, 0.3) is 0 Å². The van der Waals surface area contributed by atoms with Gasteiger partial charge in [0.05, 0.1) is 11.4 Å². The van der Waals surface area contributed by atoms with Crippen LogP contribution in [0.5, 0.6) is 11.5 Å². The van der Waals surface area contributed by atoms with Crippen molar-refractivity contribution in [1.29, 1.82) is 0 Å². The highest BCUT2D eigenvalue weighted by Crippen LogP contribution is 2.38. The average Bonchev–Trinajstić information content (AvgIpc) is 2.14. The summed E-state index contributed by atoms with van der Waals surface area (Å²) in [7, 11) is 0. The van der Waals surface area contributed by atoms with Crippen molar-refractivity contribution >= 4 is 22.1 Å². The first-order valence-electron chi connectivity index (χ1n) is 4.10. The molecule has 0 fully saturated rings. The number of rotatable bonds is 0. The quantitative estimate of drug-likeness (QED) is 0.373. The highest BCUT2D eigenvalue weighted by Gasteiger charge is 2.09. The third-order valence-corrected chi connectivity index (χ3v) is 2.20. The minimum atomic E-state index is -0.0689. The smallest absolute Gasteiger partial charge is 0.141 e. The van der Waals surface area contributed by atoms with E-state index in [0.29, 0.717) is 10.8 Å². The van der Waals surface area contributed by atoms with Gasteiger partial charge in [0.15, 0.2) is 0 Å². The average molecular weight is 190 g/mol. The predicted molar refractivity (Wildman–Crippen MR) is 56.1 cm³/mol. The van der Waals surface area contributed by atoms with E-state index in [1.54, 1.807) is 12.1 Å². The SMILES string of the molecule is Nc1c(O)cc2cccc(O)c2c1N. The first-order chi connectivity index (χ1) is 6.61. The van der Waals surface area contributed by atoms with Crippen LogP contribution in [0.1, 0.15) is 0 Å². The van der Waals surface area contributed by atoms with Crippen LogP contribution in [0.15, 0.2) is 24.3 Å². The number of benzene rings is 2. The van der Waals surface area contributed by atoms with Crippen LogP contribution in [0.4, 0.5) is 11.4 Å². The Morgan fingerprint density at radius 3 is 2.36 bits per heavy atom. The summed E-state index contributed by atoms with van der Waals surface area (Å²) in [6.07, 6.45) is 0. The summed E-state index contributed by atoms with van der Waals surface area (Å²) in [5.74, 6) is -0.00713. The molecule has 0 bridgehead atoms. The molecule has 0 spiro atoms. The molecule has 72 valence electrons. The van der Waals surface area contributed by atoms with Crippen LogP contribution >= 0.6 is 0 Å². The minimum Gasteiger partial charge on any atom is -0.507 e. The zero-order valence-corrected chi connectivity index (χ0v) is 7.36. The van der Waals surface area contributed by atoms with Crippen LogP contribution < -0.4 is 11.5 Å². The summed E-state index contributed by atoms with van der Waals surface area (Å²) in [5.41, 5.74) is 11.5. The van der Waals surface area contributed by atoms with Gasteiger partial charge in [-0.25, -0.2) is 0 Å². The molecule has 2 aromatic carbocycles. The molecular weight excluding hydrogens is 180 g/mol. The zero-order chi connectivity index (χ0) is 10.3. The minimum absolute atomic E-state index is 0.0618. The molecule has 0 atom stereocenters. The summed E-state index contributed by atoms with van der Waals surface area (Å²) < 4.78 is 0. The molecular formula is C10H10N2O2. The van der Waals surface area contributed by atoms with Crippen molar-refractivity contribution in [2.75, 3.05) is 11.5 Å². The molecule has 0 aliphatic carbocycles. The largest absolute Gasteiger partial charge is 0.507 e. The number of aromatic hydroxyl groups is 2. The van der Waals surface area contributed by atoms with Crippen LogP contribution in [0, 0.1) is 0 Å². The van der Waals surface area contributed by atoms with Crippen molar-refractivity contribution in [1.82, 2.24) is 0 Å². The van der Waals surface area contributed by atoms with E-state index in [9.17, 15) is 10.2 Å². The van der Waals surface area contributed by atoms with Gasteiger partial charge in [-0.05, 0) is 17.5 Å². The second-order valence-corrected chi connectivity index (χ2v) is 3.10. The van der Waals surface area contributed by atoms with Gasteiger partial charge in [-0.15, -0.1) is 0 Å². The summed E-state index contributed by atoms with van der Waals surface area (Å²) in [6.45, 7) is 0. The summed E-state index contributed by atoms with van der Waals surface area (Å²) >= 11 is 0. The fourth-order valence-corrected chi connectivity index (χ4v) is 1.47. The van der Waals surface area contributed by atoms with Crippen molar-refractivity contribution in [3.05, 3.63) is 24.3 Å². The third kappa shape index (κ3) is 1.01. The molecule has 0 aromatic heterocycles. The fourth-order valence-electron chi connectivity index (χ4n) is 1.47. The molecule has 0 aliphatic heterocycles. The van der Waals surface area contributed by atoms with Crippen LogP contribution in [0.3, 0.4) is 0 Å². The van der Waals surface area contributed by atoms with Crippen LogP contribution in [0.2, 0.25) is 0 Å². The number of hydrogen-bond acceptors (Lipinski definition) is 4. The first kappa shape index (κ1) is 8.50. The molecule has 0 aliphatic rings. The third-order valence-electron chi connectivity index (χ3n) is 2.20. The Labute approximate surface area is 80.4 Å². The predicted octanol–water partition coefficient (Wildman–Crippen LogP) is 1.42. The Hall–Kier alpha value is -2.10. The number of phenols is 2. The lowest BCUT2D eigenvalue weighted by molar-refractivity contribution is 0.477.